The summed E-state index contributed by atoms with van der Waals surface area (Å²) < 4.78 is 56.4. The van der Waals surface area contributed by atoms with Gasteiger partial charge in [-0.2, -0.15) is 0 Å². The van der Waals surface area contributed by atoms with Gasteiger partial charge in [0.1, 0.15) is 6.10 Å². The van der Waals surface area contributed by atoms with E-state index >= 15 is 0 Å². The predicted octanol–water partition coefficient (Wildman–Crippen LogP) is 3.96. The second-order valence-corrected chi connectivity index (χ2v) is 6.81. The van der Waals surface area contributed by atoms with Crippen LogP contribution in [-0.2, 0) is 0 Å². The summed E-state index contributed by atoms with van der Waals surface area (Å²) in [7, 11) is 0. The molecule has 0 radical (unpaired) electrons. The Morgan fingerprint density at radius 3 is 1.61 bits per heavy atom. The van der Waals surface area contributed by atoms with E-state index in [2.05, 4.69) is 0 Å². The normalized spacial score (nSPS) is 28.0. The highest BCUT2D eigenvalue weighted by Gasteiger charge is 2.81. The number of halogens is 4. The fourth-order valence-electron chi connectivity index (χ4n) is 3.59. The molecular formula is C13H22F4O. The molecule has 5 heteroatoms. The Labute approximate surface area is 106 Å². The van der Waals surface area contributed by atoms with Crippen molar-refractivity contribution in [2.45, 2.75) is 59.5 Å². The van der Waals surface area contributed by atoms with Crippen molar-refractivity contribution in [1.82, 2.24) is 0 Å². The van der Waals surface area contributed by atoms with Crippen LogP contribution in [0.4, 0.5) is 17.6 Å². The number of aliphatic hydroxyl groups excluding tert-OH is 1. The summed E-state index contributed by atoms with van der Waals surface area (Å²) in [5.74, 6) is -8.93. The van der Waals surface area contributed by atoms with Crippen molar-refractivity contribution in [2.75, 3.05) is 0 Å². The highest BCUT2D eigenvalue weighted by atomic mass is 19.3. The van der Waals surface area contributed by atoms with Gasteiger partial charge in [-0.1, -0.05) is 41.5 Å². The lowest BCUT2D eigenvalue weighted by Crippen LogP contribution is -2.75. The van der Waals surface area contributed by atoms with Crippen LogP contribution >= 0.6 is 0 Å². The van der Waals surface area contributed by atoms with Gasteiger partial charge in [-0.15, -0.1) is 0 Å². The third kappa shape index (κ3) is 1.62. The lowest BCUT2D eigenvalue weighted by atomic mass is 9.42. The molecule has 1 unspecified atom stereocenters. The van der Waals surface area contributed by atoms with Crippen LogP contribution in [-0.4, -0.2) is 23.1 Å². The first-order valence-electron chi connectivity index (χ1n) is 6.16. The second-order valence-electron chi connectivity index (χ2n) is 6.81. The number of rotatable bonds is 3. The lowest BCUT2D eigenvalue weighted by molar-refractivity contribution is -0.383. The molecule has 1 atom stereocenters. The van der Waals surface area contributed by atoms with Gasteiger partial charge in [0.25, 0.3) is 11.8 Å². The molecule has 1 fully saturated rings. The first kappa shape index (κ1) is 15.7. The Morgan fingerprint density at radius 2 is 1.33 bits per heavy atom. The van der Waals surface area contributed by atoms with Crippen LogP contribution in [0.3, 0.4) is 0 Å². The van der Waals surface area contributed by atoms with E-state index in [-0.39, 0.29) is 0 Å². The van der Waals surface area contributed by atoms with Crippen molar-refractivity contribution in [1.29, 1.82) is 0 Å². The first-order chi connectivity index (χ1) is 7.72. The molecule has 1 nitrogen and oxygen atoms in total. The summed E-state index contributed by atoms with van der Waals surface area (Å²) in [4.78, 5) is 0. The summed E-state index contributed by atoms with van der Waals surface area (Å²) >= 11 is 0. The van der Waals surface area contributed by atoms with Gasteiger partial charge in [-0.25, -0.2) is 17.6 Å². The van der Waals surface area contributed by atoms with Crippen LogP contribution in [0.15, 0.2) is 0 Å². The zero-order chi connectivity index (χ0) is 14.7. The Kier molecular flexibility index (Phi) is 3.36. The number of hydrogen-bond acceptors (Lipinski definition) is 1. The van der Waals surface area contributed by atoms with Crippen molar-refractivity contribution in [3.05, 3.63) is 0 Å². The fraction of sp³-hybridized carbons (Fsp3) is 1.00. The molecule has 1 saturated carbocycles. The van der Waals surface area contributed by atoms with Gasteiger partial charge in [-0.05, 0) is 5.92 Å². The molecule has 0 aliphatic heterocycles. The summed E-state index contributed by atoms with van der Waals surface area (Å²) in [5.41, 5.74) is -3.65. The van der Waals surface area contributed by atoms with E-state index in [0.717, 1.165) is 27.7 Å². The van der Waals surface area contributed by atoms with Crippen molar-refractivity contribution >= 4 is 0 Å². The molecule has 108 valence electrons. The van der Waals surface area contributed by atoms with Gasteiger partial charge in [-0.3, -0.25) is 0 Å². The molecule has 0 amide bonds. The summed E-state index contributed by atoms with van der Waals surface area (Å²) in [6, 6.07) is 0. The van der Waals surface area contributed by atoms with Crippen molar-refractivity contribution in [2.24, 2.45) is 22.7 Å². The van der Waals surface area contributed by atoms with Crippen LogP contribution in [0.25, 0.3) is 0 Å². The summed E-state index contributed by atoms with van der Waals surface area (Å²) in [5, 5.41) is 9.63. The van der Waals surface area contributed by atoms with Crippen LogP contribution in [0, 0.1) is 22.7 Å². The van der Waals surface area contributed by atoms with E-state index in [1.807, 2.05) is 0 Å². The van der Waals surface area contributed by atoms with Crippen molar-refractivity contribution in [3.63, 3.8) is 0 Å². The molecule has 0 bridgehead atoms. The van der Waals surface area contributed by atoms with Gasteiger partial charge in [0, 0.05) is 16.7 Å². The lowest BCUT2D eigenvalue weighted by Gasteiger charge is -2.65. The summed E-state index contributed by atoms with van der Waals surface area (Å²) in [6.07, 6.45) is -1.91. The third-order valence-corrected chi connectivity index (χ3v) is 4.47. The molecule has 0 aromatic carbocycles. The maximum atomic E-state index is 14.3. The smallest absolute Gasteiger partial charge is 0.277 e. The SMILES string of the molecule is CC(C)C(O)C(F)(F)C1C(C)(C)C(F)(F)C1(C)C. The standard InChI is InChI=1S/C13H22F4O/c1-7(2)8(18)12(14,15)9-10(3,4)13(16,17)11(9,5)6/h7-9,18H,1-6H3. The molecule has 1 rings (SSSR count). The predicted molar refractivity (Wildman–Crippen MR) is 61.8 cm³/mol. The molecular weight excluding hydrogens is 248 g/mol. The molecule has 1 N–H and O–H groups in total. The average molecular weight is 270 g/mol. The highest BCUT2D eigenvalue weighted by molar-refractivity contribution is 5.19. The average Bonchev–Trinajstić information content (AvgIpc) is 2.13. The Morgan fingerprint density at radius 1 is 1.00 bits per heavy atom. The number of hydrogen-bond donors (Lipinski definition) is 1. The van der Waals surface area contributed by atoms with E-state index in [1.165, 1.54) is 13.8 Å². The maximum absolute atomic E-state index is 14.3. The van der Waals surface area contributed by atoms with Gasteiger partial charge >= 0.3 is 0 Å². The fourth-order valence-corrected chi connectivity index (χ4v) is 3.59. The van der Waals surface area contributed by atoms with Crippen LogP contribution in [0.5, 0.6) is 0 Å². The minimum Gasteiger partial charge on any atom is -0.387 e. The van der Waals surface area contributed by atoms with E-state index in [9.17, 15) is 22.7 Å². The first-order valence-corrected chi connectivity index (χ1v) is 6.16. The molecule has 1 aliphatic carbocycles. The molecule has 0 spiro atoms. The number of alkyl halides is 4. The zero-order valence-electron chi connectivity index (χ0n) is 11.7. The minimum atomic E-state index is -3.52. The van der Waals surface area contributed by atoms with Gasteiger partial charge in [0.2, 0.25) is 0 Å². The van der Waals surface area contributed by atoms with Crippen LogP contribution in [0.1, 0.15) is 41.5 Å². The van der Waals surface area contributed by atoms with E-state index in [1.54, 1.807) is 0 Å². The van der Waals surface area contributed by atoms with Crippen LogP contribution in [0.2, 0.25) is 0 Å². The largest absolute Gasteiger partial charge is 0.387 e. The van der Waals surface area contributed by atoms with Crippen molar-refractivity contribution in [3.8, 4) is 0 Å². The maximum Gasteiger partial charge on any atom is 0.277 e. The highest BCUT2D eigenvalue weighted by Crippen LogP contribution is 2.72. The van der Waals surface area contributed by atoms with Crippen LogP contribution < -0.4 is 0 Å². The minimum absolute atomic E-state index is 0.680. The monoisotopic (exact) mass is 270 g/mol. The second kappa shape index (κ2) is 3.84. The molecule has 0 aromatic rings. The zero-order valence-corrected chi connectivity index (χ0v) is 11.7. The topological polar surface area (TPSA) is 20.2 Å². The molecule has 0 saturated heterocycles. The summed E-state index contributed by atoms with van der Waals surface area (Å²) in [6.45, 7) is 7.48. The molecule has 0 heterocycles. The molecule has 18 heavy (non-hydrogen) atoms. The number of aliphatic hydroxyl groups is 1. The Hall–Kier alpha value is -0.320. The van der Waals surface area contributed by atoms with E-state index in [0.29, 0.717) is 0 Å². The Balaban J connectivity index is 3.19. The molecule has 1 aliphatic rings. The van der Waals surface area contributed by atoms with E-state index in [4.69, 9.17) is 0 Å². The quantitative estimate of drug-likeness (QED) is 0.770. The van der Waals surface area contributed by atoms with E-state index < -0.39 is 40.6 Å². The van der Waals surface area contributed by atoms with Gasteiger partial charge in [0.15, 0.2) is 0 Å². The van der Waals surface area contributed by atoms with Gasteiger partial charge < -0.3 is 5.11 Å². The molecule has 0 aromatic heterocycles. The Bertz CT molecular complexity index is 316. The van der Waals surface area contributed by atoms with Crippen molar-refractivity contribution < 1.29 is 22.7 Å². The third-order valence-electron chi connectivity index (χ3n) is 4.47. The van der Waals surface area contributed by atoms with Gasteiger partial charge in [0.05, 0.1) is 0 Å².